The van der Waals surface area contributed by atoms with Crippen LogP contribution < -0.4 is 0 Å². The lowest BCUT2D eigenvalue weighted by Crippen LogP contribution is -2.64. The van der Waals surface area contributed by atoms with Crippen molar-refractivity contribution in [3.8, 4) is 0 Å². The number of ether oxygens (including phenoxy) is 2. The molecule has 1 rings (SSSR count). The third-order valence-electron chi connectivity index (χ3n) is 11.2. The van der Waals surface area contributed by atoms with Crippen LogP contribution in [0, 0.1) is 0 Å². The summed E-state index contributed by atoms with van der Waals surface area (Å²) >= 11 is 0. The Morgan fingerprint density at radius 3 is 1.38 bits per heavy atom. The van der Waals surface area contributed by atoms with Gasteiger partial charge in [0.05, 0.1) is 6.61 Å². The van der Waals surface area contributed by atoms with E-state index in [1.807, 2.05) is 0 Å². The molecule has 1 aliphatic rings. The van der Waals surface area contributed by atoms with Crippen LogP contribution in [0.15, 0.2) is 48.6 Å². The van der Waals surface area contributed by atoms with Gasteiger partial charge in [-0.3, -0.25) is 18.6 Å². The third-order valence-corrected chi connectivity index (χ3v) is 12.2. The minimum Gasteiger partial charge on any atom is -0.462 e. The van der Waals surface area contributed by atoms with Gasteiger partial charge in [0.1, 0.15) is 43.2 Å². The second-order valence-electron chi connectivity index (χ2n) is 16.9. The number of rotatable bonds is 40. The molecule has 6 atom stereocenters. The highest BCUT2D eigenvalue weighted by Gasteiger charge is 2.51. The highest BCUT2D eigenvalue weighted by atomic mass is 31.2. The van der Waals surface area contributed by atoms with E-state index in [4.69, 9.17) is 18.5 Å². The Morgan fingerprint density at radius 2 is 0.905 bits per heavy atom. The van der Waals surface area contributed by atoms with Gasteiger partial charge in [-0.05, 0) is 51.4 Å². The molecule has 0 aromatic heterocycles. The Kier molecular flexibility index (Phi) is 36.4. The lowest BCUT2D eigenvalue weighted by molar-refractivity contribution is -0.220. The average molecular weight is 915 g/mol. The zero-order valence-electron chi connectivity index (χ0n) is 38.9. The minimum absolute atomic E-state index is 0.0448. The topological polar surface area (TPSA) is 210 Å². The normalized spacial score (nSPS) is 22.1. The first-order valence-electron chi connectivity index (χ1n) is 24.4. The van der Waals surface area contributed by atoms with Crippen molar-refractivity contribution in [3.05, 3.63) is 48.6 Å². The molecule has 14 heteroatoms. The van der Waals surface area contributed by atoms with E-state index in [1.165, 1.54) is 96.3 Å². The molecular formula is C49H87O13P. The molecule has 0 radical (unpaired) electrons. The van der Waals surface area contributed by atoms with Crippen LogP contribution in [0.2, 0.25) is 0 Å². The lowest BCUT2D eigenvalue weighted by Gasteiger charge is -2.41. The summed E-state index contributed by atoms with van der Waals surface area (Å²) in [5.41, 5.74) is 0. The molecule has 0 aromatic rings. The zero-order chi connectivity index (χ0) is 46.4. The van der Waals surface area contributed by atoms with Crippen molar-refractivity contribution in [2.75, 3.05) is 13.2 Å². The number of aliphatic hydroxyl groups is 5. The number of esters is 2. The molecule has 0 amide bonds. The number of hydrogen-bond donors (Lipinski definition) is 6. The average Bonchev–Trinajstić information content (AvgIpc) is 3.26. The first kappa shape index (κ1) is 58.8. The lowest BCUT2D eigenvalue weighted by atomic mass is 9.85. The maximum absolute atomic E-state index is 12.8. The first-order valence-corrected chi connectivity index (χ1v) is 25.9. The molecule has 6 N–H and O–H groups in total. The summed E-state index contributed by atoms with van der Waals surface area (Å²) in [5, 5.41) is 50.2. The number of phosphoric acid groups is 1. The standard InChI is InChI=1S/C49H87O13P/c1-3-5-7-9-11-13-15-17-19-20-21-22-24-25-27-29-31-33-35-37-42(50)59-39-41(40-60-63(57,58)62-49-47(55)45(53)44(52)46(54)48(49)56)61-43(51)38-36-34-32-30-28-26-23-18-16-14-12-10-8-6-4-2/h6,8,12,14,18,23,28,30,41,44-49,52-56H,3-5,7,9-11,13,15-17,19-22,24-27,29,31-40H2,1-2H3,(H,57,58)/b8-6-,14-12-,23-18-,30-28-. The SMILES string of the molecule is CC/C=C\C/C=C\C/C=C\C/C=C\CCCCC(=O)OC(COC(=O)CCCCCCCCCCCCCCCCCCCCC)COP(=O)(O)OC1C(O)C(O)C(O)C(O)C1O. The molecule has 1 saturated carbocycles. The van der Waals surface area contributed by atoms with Gasteiger partial charge in [0, 0.05) is 12.8 Å². The van der Waals surface area contributed by atoms with Crippen molar-refractivity contribution in [2.45, 2.75) is 236 Å². The molecule has 0 heterocycles. The van der Waals surface area contributed by atoms with Gasteiger partial charge in [-0.1, -0.05) is 178 Å². The van der Waals surface area contributed by atoms with Gasteiger partial charge in [-0.2, -0.15) is 0 Å². The Balaban J connectivity index is 2.43. The van der Waals surface area contributed by atoms with Crippen LogP contribution in [-0.4, -0.2) is 98.3 Å². The fourth-order valence-corrected chi connectivity index (χ4v) is 8.25. The van der Waals surface area contributed by atoms with E-state index in [2.05, 4.69) is 62.5 Å². The van der Waals surface area contributed by atoms with E-state index >= 15 is 0 Å². The molecular weight excluding hydrogens is 828 g/mol. The van der Waals surface area contributed by atoms with Crippen molar-refractivity contribution in [3.63, 3.8) is 0 Å². The molecule has 0 spiro atoms. The quantitative estimate of drug-likeness (QED) is 0.0147. The molecule has 6 unspecified atom stereocenters. The van der Waals surface area contributed by atoms with E-state index in [0.29, 0.717) is 12.8 Å². The highest BCUT2D eigenvalue weighted by molar-refractivity contribution is 7.47. The number of unbranched alkanes of at least 4 members (excludes halogenated alkanes) is 20. The Morgan fingerprint density at radius 1 is 0.508 bits per heavy atom. The van der Waals surface area contributed by atoms with Gasteiger partial charge in [0.2, 0.25) is 0 Å². The van der Waals surface area contributed by atoms with E-state index in [9.17, 15) is 44.6 Å². The predicted octanol–water partition coefficient (Wildman–Crippen LogP) is 9.95. The van der Waals surface area contributed by atoms with Crippen LogP contribution >= 0.6 is 7.82 Å². The van der Waals surface area contributed by atoms with Gasteiger partial charge < -0.3 is 39.9 Å². The summed E-state index contributed by atoms with van der Waals surface area (Å²) in [4.78, 5) is 35.7. The van der Waals surface area contributed by atoms with Crippen LogP contribution in [0.5, 0.6) is 0 Å². The molecule has 0 bridgehead atoms. The highest BCUT2D eigenvalue weighted by Crippen LogP contribution is 2.47. The van der Waals surface area contributed by atoms with Crippen molar-refractivity contribution in [1.82, 2.24) is 0 Å². The molecule has 366 valence electrons. The van der Waals surface area contributed by atoms with Crippen LogP contribution in [0.1, 0.15) is 194 Å². The van der Waals surface area contributed by atoms with Gasteiger partial charge in [0.15, 0.2) is 6.10 Å². The van der Waals surface area contributed by atoms with Gasteiger partial charge in [0.25, 0.3) is 0 Å². The Hall–Kier alpha value is -2.19. The molecule has 13 nitrogen and oxygen atoms in total. The number of allylic oxidation sites excluding steroid dienone is 8. The summed E-state index contributed by atoms with van der Waals surface area (Å²) in [6.45, 7) is 3.17. The predicted molar refractivity (Wildman–Crippen MR) is 249 cm³/mol. The van der Waals surface area contributed by atoms with Crippen LogP contribution in [0.25, 0.3) is 0 Å². The van der Waals surface area contributed by atoms with E-state index < -0.39 is 75.7 Å². The molecule has 0 aromatic carbocycles. The fourth-order valence-electron chi connectivity index (χ4n) is 7.28. The fraction of sp³-hybridized carbons (Fsp3) is 0.796. The van der Waals surface area contributed by atoms with Crippen LogP contribution in [0.3, 0.4) is 0 Å². The summed E-state index contributed by atoms with van der Waals surface area (Å²) in [6, 6.07) is 0. The van der Waals surface area contributed by atoms with Gasteiger partial charge >= 0.3 is 19.8 Å². The first-order chi connectivity index (χ1) is 30.4. The van der Waals surface area contributed by atoms with E-state index in [1.54, 1.807) is 0 Å². The van der Waals surface area contributed by atoms with E-state index in [0.717, 1.165) is 57.8 Å². The van der Waals surface area contributed by atoms with Crippen molar-refractivity contribution in [2.24, 2.45) is 0 Å². The monoisotopic (exact) mass is 915 g/mol. The smallest absolute Gasteiger partial charge is 0.462 e. The molecule has 0 aliphatic heterocycles. The number of carbonyl (C=O) groups excluding carboxylic acids is 2. The number of carbonyl (C=O) groups is 2. The van der Waals surface area contributed by atoms with Crippen LogP contribution in [-0.2, 0) is 32.7 Å². The maximum Gasteiger partial charge on any atom is 0.472 e. The largest absolute Gasteiger partial charge is 0.472 e. The second kappa shape index (κ2) is 39.0. The third kappa shape index (κ3) is 31.4. The Bertz CT molecular complexity index is 1290. The number of phosphoric ester groups is 1. The minimum atomic E-state index is -5.13. The molecule has 63 heavy (non-hydrogen) atoms. The summed E-state index contributed by atoms with van der Waals surface area (Å²) < 4.78 is 33.5. The molecule has 0 saturated heterocycles. The van der Waals surface area contributed by atoms with Crippen molar-refractivity contribution in [1.29, 1.82) is 0 Å². The zero-order valence-corrected chi connectivity index (χ0v) is 39.8. The van der Waals surface area contributed by atoms with Gasteiger partial charge in [-0.15, -0.1) is 0 Å². The summed E-state index contributed by atoms with van der Waals surface area (Å²) in [5.74, 6) is -1.14. The molecule has 1 aliphatic carbocycles. The maximum atomic E-state index is 12.8. The molecule has 1 fully saturated rings. The summed E-state index contributed by atoms with van der Waals surface area (Å²) in [7, 11) is -5.13. The van der Waals surface area contributed by atoms with E-state index in [-0.39, 0.29) is 12.8 Å². The van der Waals surface area contributed by atoms with Crippen molar-refractivity contribution < 1.29 is 63.1 Å². The number of aliphatic hydroxyl groups excluding tert-OH is 5. The Labute approximate surface area is 380 Å². The summed E-state index contributed by atoms with van der Waals surface area (Å²) in [6.07, 6.45) is 33.1. The van der Waals surface area contributed by atoms with Crippen molar-refractivity contribution >= 4 is 19.8 Å². The van der Waals surface area contributed by atoms with Gasteiger partial charge in [-0.25, -0.2) is 4.57 Å². The second-order valence-corrected chi connectivity index (χ2v) is 18.3. The van der Waals surface area contributed by atoms with Crippen LogP contribution in [0.4, 0.5) is 0 Å². The number of hydrogen-bond acceptors (Lipinski definition) is 12.